The first-order chi connectivity index (χ1) is 5.92. The highest BCUT2D eigenvalue weighted by molar-refractivity contribution is 5.73. The van der Waals surface area contributed by atoms with Crippen LogP contribution in [-0.2, 0) is 14.3 Å². The van der Waals surface area contributed by atoms with Gasteiger partial charge in [-0.2, -0.15) is 0 Å². The molecule has 1 aliphatic rings. The molecule has 6 heteroatoms. The summed E-state index contributed by atoms with van der Waals surface area (Å²) in [6, 6.07) is 0. The number of carbonyl (C=O) groups is 1. The second kappa shape index (κ2) is 3.53. The summed E-state index contributed by atoms with van der Waals surface area (Å²) in [5.74, 6) is -0.903. The molecule has 3 nitrogen and oxygen atoms in total. The predicted molar refractivity (Wildman–Crippen MR) is 35.7 cm³/mol. The van der Waals surface area contributed by atoms with Crippen molar-refractivity contribution < 1.29 is 27.4 Å². The highest BCUT2D eigenvalue weighted by atomic mass is 19.4. The lowest BCUT2D eigenvalue weighted by molar-refractivity contribution is -0.353. The fourth-order valence-electron chi connectivity index (χ4n) is 1.21. The van der Waals surface area contributed by atoms with E-state index >= 15 is 0 Å². The van der Waals surface area contributed by atoms with Crippen molar-refractivity contribution in [3.05, 3.63) is 0 Å². The monoisotopic (exact) mass is 198 g/mol. The summed E-state index contributed by atoms with van der Waals surface area (Å²) >= 11 is 0. The summed E-state index contributed by atoms with van der Waals surface area (Å²) < 4.78 is 42.8. The van der Waals surface area contributed by atoms with Gasteiger partial charge in [0.2, 0.25) is 0 Å². The quantitative estimate of drug-likeness (QED) is 0.630. The van der Waals surface area contributed by atoms with E-state index in [-0.39, 0.29) is 12.8 Å². The van der Waals surface area contributed by atoms with Gasteiger partial charge in [-0.3, -0.25) is 9.53 Å². The van der Waals surface area contributed by atoms with Gasteiger partial charge >= 0.3 is 12.3 Å². The normalized spacial score (nSPS) is 28.0. The van der Waals surface area contributed by atoms with Crippen LogP contribution in [0.1, 0.15) is 12.8 Å². The lowest BCUT2D eigenvalue weighted by Gasteiger charge is -2.33. The van der Waals surface area contributed by atoms with Gasteiger partial charge in [-0.25, -0.2) is 0 Å². The molecular weight excluding hydrogens is 189 g/mol. The van der Waals surface area contributed by atoms with Crippen LogP contribution < -0.4 is 0 Å². The van der Waals surface area contributed by atoms with Gasteiger partial charge in [0.15, 0.2) is 0 Å². The van der Waals surface area contributed by atoms with Crippen LogP contribution in [0.15, 0.2) is 0 Å². The van der Waals surface area contributed by atoms with Crippen molar-refractivity contribution >= 4 is 5.97 Å². The summed E-state index contributed by atoms with van der Waals surface area (Å²) in [6.07, 6.45) is -5.31. The van der Waals surface area contributed by atoms with E-state index in [9.17, 15) is 18.0 Å². The molecule has 0 heterocycles. The van der Waals surface area contributed by atoms with E-state index in [0.717, 1.165) is 0 Å². The fourth-order valence-corrected chi connectivity index (χ4v) is 1.21. The van der Waals surface area contributed by atoms with Crippen LogP contribution in [0.25, 0.3) is 0 Å². The summed E-state index contributed by atoms with van der Waals surface area (Å²) in [4.78, 5) is 10.7. The molecule has 0 bridgehead atoms. The molecular formula is C7H9F3O3. The largest absolute Gasteiger partial charge is 0.522 e. The van der Waals surface area contributed by atoms with Crippen molar-refractivity contribution in [3.63, 3.8) is 0 Å². The van der Waals surface area contributed by atoms with E-state index < -0.39 is 24.4 Å². The summed E-state index contributed by atoms with van der Waals surface area (Å²) in [7, 11) is 1.21. The molecule has 1 aliphatic carbocycles. The van der Waals surface area contributed by atoms with E-state index in [1.165, 1.54) is 7.11 Å². The number of carbonyl (C=O) groups excluding carboxylic acids is 1. The maximum atomic E-state index is 11.6. The number of halogens is 3. The summed E-state index contributed by atoms with van der Waals surface area (Å²) in [5.41, 5.74) is 0. The Morgan fingerprint density at radius 3 is 2.31 bits per heavy atom. The molecule has 0 amide bonds. The lowest BCUT2D eigenvalue weighted by Crippen LogP contribution is -2.39. The first kappa shape index (κ1) is 10.3. The van der Waals surface area contributed by atoms with Gasteiger partial charge in [-0.15, -0.1) is 13.2 Å². The first-order valence-electron chi connectivity index (χ1n) is 3.74. The SMILES string of the molecule is COC(=O)C1CC(OC(F)(F)F)C1. The van der Waals surface area contributed by atoms with Gasteiger partial charge < -0.3 is 4.74 Å². The second-order valence-corrected chi connectivity index (χ2v) is 2.88. The molecule has 0 radical (unpaired) electrons. The Bertz CT molecular complexity index is 196. The van der Waals surface area contributed by atoms with Crippen LogP contribution in [0.5, 0.6) is 0 Å². The number of ether oxygens (including phenoxy) is 2. The summed E-state index contributed by atoms with van der Waals surface area (Å²) in [5, 5.41) is 0. The third kappa shape index (κ3) is 2.87. The molecule has 1 fully saturated rings. The van der Waals surface area contributed by atoms with Crippen molar-refractivity contribution in [3.8, 4) is 0 Å². The Hall–Kier alpha value is -0.780. The van der Waals surface area contributed by atoms with Gasteiger partial charge in [0.1, 0.15) is 0 Å². The highest BCUT2D eigenvalue weighted by Crippen LogP contribution is 2.35. The molecule has 0 aromatic heterocycles. The number of alkyl halides is 3. The topological polar surface area (TPSA) is 35.5 Å². The molecule has 76 valence electrons. The van der Waals surface area contributed by atoms with Crippen LogP contribution in [0.2, 0.25) is 0 Å². The van der Waals surface area contributed by atoms with Crippen molar-refractivity contribution in [1.82, 2.24) is 0 Å². The van der Waals surface area contributed by atoms with Crippen molar-refractivity contribution in [2.24, 2.45) is 5.92 Å². The van der Waals surface area contributed by atoms with Crippen LogP contribution in [0.4, 0.5) is 13.2 Å². The van der Waals surface area contributed by atoms with Gasteiger partial charge in [-0.05, 0) is 12.8 Å². The Kier molecular flexibility index (Phi) is 2.80. The Labute approximate surface area is 72.8 Å². The molecule has 0 atom stereocenters. The van der Waals surface area contributed by atoms with Gasteiger partial charge in [0.05, 0.1) is 19.1 Å². The van der Waals surface area contributed by atoms with Gasteiger partial charge in [-0.1, -0.05) is 0 Å². The summed E-state index contributed by atoms with van der Waals surface area (Å²) in [6.45, 7) is 0. The highest BCUT2D eigenvalue weighted by Gasteiger charge is 2.43. The zero-order chi connectivity index (χ0) is 10.1. The molecule has 0 aromatic carbocycles. The van der Waals surface area contributed by atoms with Crippen LogP contribution in [-0.4, -0.2) is 25.5 Å². The van der Waals surface area contributed by atoms with E-state index in [1.807, 2.05) is 0 Å². The molecule has 0 saturated heterocycles. The maximum absolute atomic E-state index is 11.6. The van der Waals surface area contributed by atoms with Crippen LogP contribution in [0, 0.1) is 5.92 Å². The zero-order valence-electron chi connectivity index (χ0n) is 6.93. The second-order valence-electron chi connectivity index (χ2n) is 2.88. The average molecular weight is 198 g/mol. The minimum Gasteiger partial charge on any atom is -0.469 e. The molecule has 0 spiro atoms. The van der Waals surface area contributed by atoms with E-state index in [2.05, 4.69) is 9.47 Å². The minimum absolute atomic E-state index is 0.0895. The molecule has 1 saturated carbocycles. The van der Waals surface area contributed by atoms with Gasteiger partial charge in [0.25, 0.3) is 0 Å². The van der Waals surface area contributed by atoms with Gasteiger partial charge in [0, 0.05) is 0 Å². The molecule has 1 rings (SSSR count). The molecule has 13 heavy (non-hydrogen) atoms. The number of esters is 1. The maximum Gasteiger partial charge on any atom is 0.522 e. The number of hydrogen-bond acceptors (Lipinski definition) is 3. The van der Waals surface area contributed by atoms with E-state index in [4.69, 9.17) is 0 Å². The fraction of sp³-hybridized carbons (Fsp3) is 0.857. The van der Waals surface area contributed by atoms with Crippen LogP contribution in [0.3, 0.4) is 0 Å². The minimum atomic E-state index is -4.61. The number of rotatable bonds is 2. The lowest BCUT2D eigenvalue weighted by atomic mass is 9.82. The van der Waals surface area contributed by atoms with Crippen molar-refractivity contribution in [2.45, 2.75) is 25.3 Å². The molecule has 0 aromatic rings. The number of methoxy groups -OCH3 is 1. The zero-order valence-corrected chi connectivity index (χ0v) is 6.93. The van der Waals surface area contributed by atoms with Crippen molar-refractivity contribution in [2.75, 3.05) is 7.11 Å². The third-order valence-corrected chi connectivity index (χ3v) is 1.93. The molecule has 0 unspecified atom stereocenters. The average Bonchev–Trinajstić information content (AvgIpc) is 1.92. The smallest absolute Gasteiger partial charge is 0.469 e. The standard InChI is InChI=1S/C7H9F3O3/c1-12-6(11)4-2-5(3-4)13-7(8,9)10/h4-5H,2-3H2,1H3. The van der Waals surface area contributed by atoms with Crippen LogP contribution >= 0.6 is 0 Å². The van der Waals surface area contributed by atoms with E-state index in [0.29, 0.717) is 0 Å². The number of hydrogen-bond donors (Lipinski definition) is 0. The third-order valence-electron chi connectivity index (χ3n) is 1.93. The van der Waals surface area contributed by atoms with E-state index in [1.54, 1.807) is 0 Å². The first-order valence-corrected chi connectivity index (χ1v) is 3.74. The molecule has 0 N–H and O–H groups in total. The predicted octanol–water partition coefficient (Wildman–Crippen LogP) is 1.47. The Morgan fingerprint density at radius 1 is 1.38 bits per heavy atom. The Balaban J connectivity index is 2.22. The Morgan fingerprint density at radius 2 is 1.92 bits per heavy atom. The van der Waals surface area contributed by atoms with Crippen molar-refractivity contribution in [1.29, 1.82) is 0 Å². The molecule has 0 aliphatic heterocycles.